The molecule has 5 unspecified atom stereocenters. The van der Waals surface area contributed by atoms with Crippen molar-refractivity contribution in [1.29, 1.82) is 0 Å². The average Bonchev–Trinajstić information content (AvgIpc) is 3.13. The number of aliphatic hydroxyl groups excluding tert-OH is 5. The van der Waals surface area contributed by atoms with Crippen molar-refractivity contribution in [3.05, 3.63) is 11.6 Å². The summed E-state index contributed by atoms with van der Waals surface area (Å²) in [5.74, 6) is -5.37. The maximum absolute atomic E-state index is 14.8. The summed E-state index contributed by atoms with van der Waals surface area (Å²) in [5.41, 5.74) is -2.11. The van der Waals surface area contributed by atoms with Gasteiger partial charge in [0.2, 0.25) is 0 Å². The predicted molar refractivity (Wildman–Crippen MR) is 192 cm³/mol. The third-order valence-electron chi connectivity index (χ3n) is 17.2. The zero-order valence-electron chi connectivity index (χ0n) is 34.3. The molecule has 19 atom stereocenters. The van der Waals surface area contributed by atoms with Gasteiger partial charge in [-0.25, -0.2) is 0 Å². The number of aliphatic carboxylic acids is 3. The Labute approximate surface area is 337 Å². The molecule has 6 fully saturated rings. The summed E-state index contributed by atoms with van der Waals surface area (Å²) in [6.07, 6.45) is -13.4. The molecule has 2 heterocycles. The first-order valence-corrected chi connectivity index (χ1v) is 20.7. The zero-order valence-corrected chi connectivity index (χ0v) is 34.3. The number of fused-ring (bicyclic) bond motifs is 7. The van der Waals surface area contributed by atoms with E-state index in [4.69, 9.17) is 18.9 Å². The van der Waals surface area contributed by atoms with Crippen molar-refractivity contribution >= 4 is 23.7 Å². The lowest BCUT2D eigenvalue weighted by molar-refractivity contribution is -0.391. The molecular formula is C42H59O16-3. The van der Waals surface area contributed by atoms with Crippen LogP contribution in [0.2, 0.25) is 0 Å². The van der Waals surface area contributed by atoms with Crippen molar-refractivity contribution < 1.29 is 79.0 Å². The molecule has 0 bridgehead atoms. The molecule has 7 aliphatic rings. The second-order valence-electron chi connectivity index (χ2n) is 20.6. The molecule has 5 aliphatic carbocycles. The van der Waals surface area contributed by atoms with Gasteiger partial charge in [-0.1, -0.05) is 54.0 Å². The summed E-state index contributed by atoms with van der Waals surface area (Å²) in [6.45, 7) is 14.6. The Hall–Kier alpha value is -2.54. The number of aliphatic hydroxyl groups is 5. The molecule has 0 spiro atoms. The minimum absolute atomic E-state index is 0.0357. The Kier molecular flexibility index (Phi) is 10.7. The minimum atomic E-state index is -2.16. The van der Waals surface area contributed by atoms with Crippen LogP contribution in [0.3, 0.4) is 0 Å². The van der Waals surface area contributed by atoms with E-state index in [-0.39, 0.29) is 34.4 Å². The number of rotatable bonds is 7. The highest BCUT2D eigenvalue weighted by atomic mass is 16.8. The Morgan fingerprint density at radius 1 is 0.707 bits per heavy atom. The Bertz CT molecular complexity index is 1730. The van der Waals surface area contributed by atoms with Crippen LogP contribution >= 0.6 is 0 Å². The summed E-state index contributed by atoms with van der Waals surface area (Å²) >= 11 is 0. The van der Waals surface area contributed by atoms with E-state index in [0.29, 0.717) is 38.5 Å². The predicted octanol–water partition coefficient (Wildman–Crippen LogP) is -1.76. The molecule has 0 amide bonds. The van der Waals surface area contributed by atoms with Crippen molar-refractivity contribution in [2.24, 2.45) is 50.2 Å². The summed E-state index contributed by atoms with van der Waals surface area (Å²) in [6, 6.07) is 0. The normalized spacial score (nSPS) is 52.6. The van der Waals surface area contributed by atoms with Gasteiger partial charge in [0.1, 0.15) is 48.8 Å². The molecule has 2 aliphatic heterocycles. The molecular weight excluding hydrogens is 760 g/mol. The Morgan fingerprint density at radius 3 is 1.90 bits per heavy atom. The highest BCUT2D eigenvalue weighted by Gasteiger charge is 2.70. The third kappa shape index (κ3) is 6.25. The highest BCUT2D eigenvalue weighted by Crippen LogP contribution is 2.75. The van der Waals surface area contributed by atoms with E-state index in [2.05, 4.69) is 27.7 Å². The van der Waals surface area contributed by atoms with E-state index in [1.807, 2.05) is 19.9 Å². The van der Waals surface area contributed by atoms with Crippen LogP contribution < -0.4 is 15.3 Å². The molecule has 16 heteroatoms. The van der Waals surface area contributed by atoms with E-state index in [1.165, 1.54) is 0 Å². The summed E-state index contributed by atoms with van der Waals surface area (Å²) in [4.78, 5) is 50.9. The van der Waals surface area contributed by atoms with Gasteiger partial charge in [0.05, 0.1) is 18.0 Å². The number of allylic oxidation sites excluding steroid dienone is 2. The maximum Gasteiger partial charge on any atom is 0.187 e. The van der Waals surface area contributed by atoms with Gasteiger partial charge in [-0.05, 0) is 103 Å². The van der Waals surface area contributed by atoms with E-state index in [1.54, 1.807) is 6.92 Å². The molecule has 7 rings (SSSR count). The number of carbonyl (C=O) groups is 4. The molecule has 16 nitrogen and oxygen atoms in total. The molecule has 0 aromatic carbocycles. The molecule has 0 aromatic heterocycles. The second kappa shape index (κ2) is 14.3. The smallest absolute Gasteiger partial charge is 0.187 e. The van der Waals surface area contributed by atoms with Crippen molar-refractivity contribution in [3.8, 4) is 0 Å². The summed E-state index contributed by atoms with van der Waals surface area (Å²) in [7, 11) is 0. The van der Waals surface area contributed by atoms with Crippen LogP contribution in [0.15, 0.2) is 11.6 Å². The first kappa shape index (κ1) is 43.5. The monoisotopic (exact) mass is 819 g/mol. The number of carboxylic acid groups (broad SMARTS) is 3. The van der Waals surface area contributed by atoms with Crippen molar-refractivity contribution in [2.75, 3.05) is 0 Å². The van der Waals surface area contributed by atoms with E-state index < -0.39 is 107 Å². The fraction of sp³-hybridized carbons (Fsp3) is 0.857. The quantitative estimate of drug-likeness (QED) is 0.178. The van der Waals surface area contributed by atoms with Gasteiger partial charge in [-0.2, -0.15) is 0 Å². The highest BCUT2D eigenvalue weighted by molar-refractivity contribution is 5.95. The molecule has 0 aromatic rings. The molecule has 58 heavy (non-hydrogen) atoms. The van der Waals surface area contributed by atoms with E-state index in [0.717, 1.165) is 24.8 Å². The number of ether oxygens (including phenoxy) is 4. The molecule has 4 saturated carbocycles. The minimum Gasteiger partial charge on any atom is -0.550 e. The Balaban J connectivity index is 1.17. The van der Waals surface area contributed by atoms with Gasteiger partial charge >= 0.3 is 0 Å². The van der Waals surface area contributed by atoms with Crippen molar-refractivity contribution in [3.63, 3.8) is 0 Å². The van der Waals surface area contributed by atoms with Gasteiger partial charge < -0.3 is 74.2 Å². The van der Waals surface area contributed by atoms with Gasteiger partial charge in [-0.3, -0.25) is 4.79 Å². The van der Waals surface area contributed by atoms with Crippen LogP contribution in [0, 0.1) is 50.2 Å². The molecule has 5 N–H and O–H groups in total. The van der Waals surface area contributed by atoms with Crippen LogP contribution in [-0.2, 0) is 38.1 Å². The van der Waals surface area contributed by atoms with Crippen LogP contribution in [0.4, 0.5) is 0 Å². The van der Waals surface area contributed by atoms with Gasteiger partial charge in [0.15, 0.2) is 18.4 Å². The topological polar surface area (TPSA) is 276 Å². The Morgan fingerprint density at radius 2 is 1.29 bits per heavy atom. The van der Waals surface area contributed by atoms with Crippen LogP contribution in [0.5, 0.6) is 0 Å². The summed E-state index contributed by atoms with van der Waals surface area (Å²) < 4.78 is 23.1. The number of ketones is 1. The largest absolute Gasteiger partial charge is 0.550 e. The van der Waals surface area contributed by atoms with E-state index in [9.17, 15) is 60.0 Å². The SMILES string of the molecule is CC1(C)C(O[C@H]2O[C@H](C(=O)[O-])[C@@H](O)[C@H](O)C2O[C@@H]2O[C@H](C(=O)[O-])[C@@H](O)[C@H](O)[C@H]2O)CC[C@@]2(C)C1CC[C@]1(C)C2C(=O)C=C2C3C[C@@](C)(C(=O)[O-])CC[C@]3(C)CC[C@]21C. The first-order valence-electron chi connectivity index (χ1n) is 20.7. The van der Waals surface area contributed by atoms with Crippen LogP contribution in [0.25, 0.3) is 0 Å². The lowest BCUT2D eigenvalue weighted by Crippen LogP contribution is -2.68. The maximum atomic E-state index is 14.8. The molecule has 2 saturated heterocycles. The van der Waals surface area contributed by atoms with Crippen LogP contribution in [0.1, 0.15) is 106 Å². The third-order valence-corrected chi connectivity index (χ3v) is 17.2. The fourth-order valence-corrected chi connectivity index (χ4v) is 13.3. The van der Waals surface area contributed by atoms with Gasteiger partial charge in [0, 0.05) is 17.3 Å². The lowest BCUT2D eigenvalue weighted by Gasteiger charge is -2.70. The second-order valence-corrected chi connectivity index (χ2v) is 20.6. The number of carboxylic acids is 3. The zero-order chi connectivity index (χ0) is 42.9. The van der Waals surface area contributed by atoms with E-state index >= 15 is 0 Å². The lowest BCUT2D eigenvalue weighted by atomic mass is 9.33. The van der Waals surface area contributed by atoms with Crippen molar-refractivity contribution in [1.82, 2.24) is 0 Å². The molecule has 326 valence electrons. The average molecular weight is 820 g/mol. The van der Waals surface area contributed by atoms with Gasteiger partial charge in [-0.15, -0.1) is 0 Å². The fourth-order valence-electron chi connectivity index (χ4n) is 13.3. The number of hydrogen-bond donors (Lipinski definition) is 5. The number of carbonyl (C=O) groups excluding carboxylic acids is 4. The standard InChI is InChI=1S/C42H62O16/c1-37(2)21-8-11-42(7)31(20(43)16-18-19-17-39(4,36(53)54)13-12-38(19,3)14-15-41(18,42)6)40(21,5)10-9-22(37)55-35-30(26(47)25(46)29(57-35)33(51)52)58-34-27(48)23(44)24(45)28(56-34)32(49)50/h16,19,21-31,34-35,44-48H,8-15,17H2,1-7H3,(H,49,50)(H,51,52)(H,53,54)/p-3/t19?,21?,22?,23-,24-,25-,26-,27+,28-,29-,30?,31?,34-,35-,38+,39-,40-,41+,42+/m0/s1. The van der Waals surface area contributed by atoms with Crippen molar-refractivity contribution in [2.45, 2.75) is 174 Å². The molecule has 0 radical (unpaired) electrons. The summed E-state index contributed by atoms with van der Waals surface area (Å²) in [5, 5.41) is 89.2. The van der Waals surface area contributed by atoms with Crippen LogP contribution in [-0.4, -0.2) is 117 Å². The first-order chi connectivity index (χ1) is 26.8. The number of hydrogen-bond acceptors (Lipinski definition) is 16. The van der Waals surface area contributed by atoms with Gasteiger partial charge in [0.25, 0.3) is 0 Å².